The fraction of sp³-hybridized carbons (Fsp3) is 0.211. The average Bonchev–Trinajstić information content (AvgIpc) is 3.32. The number of aromatic nitrogens is 5. The van der Waals surface area contributed by atoms with E-state index in [1.165, 1.54) is 35.2 Å². The van der Waals surface area contributed by atoms with Crippen molar-refractivity contribution < 1.29 is 9.18 Å². The molecule has 0 atom stereocenters. The molecule has 0 saturated carbocycles. The molecule has 0 bridgehead atoms. The van der Waals surface area contributed by atoms with Crippen LogP contribution < -0.4 is 5.32 Å². The Morgan fingerprint density at radius 1 is 1.17 bits per heavy atom. The number of thioether (sulfide) groups is 1. The number of hydrogen-bond donors (Lipinski definition) is 1. The summed E-state index contributed by atoms with van der Waals surface area (Å²) >= 11 is 2.55. The molecule has 10 heteroatoms. The van der Waals surface area contributed by atoms with Crippen LogP contribution in [0.25, 0.3) is 17.0 Å². The molecular weight excluding hydrogens is 411 g/mol. The lowest BCUT2D eigenvalue weighted by Gasteiger charge is -2.04. The van der Waals surface area contributed by atoms with Gasteiger partial charge in [0.05, 0.1) is 11.4 Å². The molecule has 4 aromatic rings. The lowest BCUT2D eigenvalue weighted by atomic mass is 10.2. The Morgan fingerprint density at radius 3 is 2.69 bits per heavy atom. The van der Waals surface area contributed by atoms with E-state index < -0.39 is 0 Å². The zero-order valence-corrected chi connectivity index (χ0v) is 17.6. The Bertz CT molecular complexity index is 1200. The van der Waals surface area contributed by atoms with E-state index in [0.717, 1.165) is 22.5 Å². The number of carbonyl (C=O) groups is 1. The first-order valence-electron chi connectivity index (χ1n) is 8.75. The molecule has 0 unspecified atom stereocenters. The summed E-state index contributed by atoms with van der Waals surface area (Å²) in [7, 11) is 0. The van der Waals surface area contributed by atoms with Gasteiger partial charge in [0.1, 0.15) is 5.82 Å². The van der Waals surface area contributed by atoms with Crippen molar-refractivity contribution in [2.45, 2.75) is 25.9 Å². The van der Waals surface area contributed by atoms with Gasteiger partial charge >= 0.3 is 0 Å². The summed E-state index contributed by atoms with van der Waals surface area (Å²) in [5.41, 5.74) is 4.44. The number of nitrogens with one attached hydrogen (secondary N) is 1. The van der Waals surface area contributed by atoms with Crippen LogP contribution in [0.1, 0.15) is 17.0 Å². The smallest absolute Gasteiger partial charge is 0.253 e. The van der Waals surface area contributed by atoms with Crippen LogP contribution in [-0.4, -0.2) is 36.2 Å². The van der Waals surface area contributed by atoms with Crippen molar-refractivity contribution in [1.82, 2.24) is 24.6 Å². The molecule has 1 aromatic carbocycles. The first-order chi connectivity index (χ1) is 13.9. The molecule has 29 heavy (non-hydrogen) atoms. The van der Waals surface area contributed by atoms with E-state index in [4.69, 9.17) is 0 Å². The highest BCUT2D eigenvalue weighted by Gasteiger charge is 2.14. The van der Waals surface area contributed by atoms with Crippen LogP contribution in [0.4, 0.5) is 9.52 Å². The molecule has 1 N–H and O–H groups in total. The molecular formula is C19H17FN6OS2. The summed E-state index contributed by atoms with van der Waals surface area (Å²) in [5, 5.41) is 10.00. The lowest BCUT2D eigenvalue weighted by molar-refractivity contribution is -0.113. The van der Waals surface area contributed by atoms with Gasteiger partial charge in [0.25, 0.3) is 5.78 Å². The molecule has 0 aliphatic heterocycles. The number of amides is 1. The fourth-order valence-corrected chi connectivity index (χ4v) is 4.02. The van der Waals surface area contributed by atoms with Gasteiger partial charge in [-0.3, -0.25) is 4.79 Å². The Labute approximate surface area is 174 Å². The van der Waals surface area contributed by atoms with E-state index in [2.05, 4.69) is 25.4 Å². The van der Waals surface area contributed by atoms with Gasteiger partial charge in [0.2, 0.25) is 11.1 Å². The maximum absolute atomic E-state index is 13.0. The third-order valence-corrected chi connectivity index (χ3v) is 6.06. The van der Waals surface area contributed by atoms with Crippen molar-refractivity contribution in [2.24, 2.45) is 0 Å². The van der Waals surface area contributed by atoms with E-state index in [1.807, 2.05) is 26.2 Å². The van der Waals surface area contributed by atoms with E-state index in [0.29, 0.717) is 21.8 Å². The maximum Gasteiger partial charge on any atom is 0.253 e. The van der Waals surface area contributed by atoms with E-state index in [9.17, 15) is 9.18 Å². The number of fused-ring (bicyclic) bond motifs is 1. The van der Waals surface area contributed by atoms with Gasteiger partial charge in [-0.05, 0) is 50.6 Å². The fourth-order valence-electron chi connectivity index (χ4n) is 2.67. The zero-order valence-electron chi connectivity index (χ0n) is 15.9. The molecule has 0 aliphatic rings. The summed E-state index contributed by atoms with van der Waals surface area (Å²) in [6.45, 7) is 5.90. The Hall–Kier alpha value is -2.85. The number of nitrogens with zero attached hydrogens (tertiary/aromatic N) is 5. The second kappa shape index (κ2) is 7.88. The Balaban J connectivity index is 1.40. The normalized spacial score (nSPS) is 11.2. The second-order valence-corrected chi connectivity index (χ2v) is 8.20. The summed E-state index contributed by atoms with van der Waals surface area (Å²) in [4.78, 5) is 25.5. The van der Waals surface area contributed by atoms with Gasteiger partial charge in [0.15, 0.2) is 5.13 Å². The van der Waals surface area contributed by atoms with Crippen molar-refractivity contribution in [3.05, 3.63) is 52.4 Å². The van der Waals surface area contributed by atoms with Crippen molar-refractivity contribution in [1.29, 1.82) is 0 Å². The van der Waals surface area contributed by atoms with Crippen LogP contribution in [0, 0.1) is 26.6 Å². The van der Waals surface area contributed by atoms with Crippen molar-refractivity contribution >= 4 is 39.9 Å². The number of anilines is 1. The third kappa shape index (κ3) is 4.13. The molecule has 1 amide bonds. The zero-order chi connectivity index (χ0) is 20.5. The van der Waals surface area contributed by atoms with E-state index >= 15 is 0 Å². The minimum absolute atomic E-state index is 0.152. The Kier molecular flexibility index (Phi) is 5.29. The second-order valence-electron chi connectivity index (χ2n) is 6.40. The molecule has 0 saturated heterocycles. The standard InChI is InChI=1S/C19H17FN6OS2/c1-10-11(2)21-17-24-19(25-26(17)12(10)3)29-9-16(27)23-18-22-15(8-28-18)13-4-6-14(20)7-5-13/h4-8H,9H2,1-3H3,(H,22,23,27). The summed E-state index contributed by atoms with van der Waals surface area (Å²) in [6, 6.07) is 6.07. The van der Waals surface area contributed by atoms with E-state index in [-0.39, 0.29) is 17.5 Å². The highest BCUT2D eigenvalue weighted by molar-refractivity contribution is 7.99. The monoisotopic (exact) mass is 428 g/mol. The van der Waals surface area contributed by atoms with Crippen LogP contribution >= 0.6 is 23.1 Å². The first-order valence-corrected chi connectivity index (χ1v) is 10.6. The van der Waals surface area contributed by atoms with Crippen LogP contribution in [0.3, 0.4) is 0 Å². The predicted molar refractivity (Wildman–Crippen MR) is 112 cm³/mol. The van der Waals surface area contributed by atoms with Gasteiger partial charge in [-0.2, -0.15) is 4.98 Å². The molecule has 3 heterocycles. The minimum Gasteiger partial charge on any atom is -0.301 e. The molecule has 148 valence electrons. The van der Waals surface area contributed by atoms with Gasteiger partial charge in [-0.1, -0.05) is 11.8 Å². The largest absolute Gasteiger partial charge is 0.301 e. The number of halogens is 1. The van der Waals surface area contributed by atoms with Crippen LogP contribution in [0.5, 0.6) is 0 Å². The minimum atomic E-state index is -0.300. The average molecular weight is 429 g/mol. The van der Waals surface area contributed by atoms with Crippen molar-refractivity contribution in [3.8, 4) is 11.3 Å². The lowest BCUT2D eigenvalue weighted by Crippen LogP contribution is -2.13. The number of rotatable bonds is 5. The highest BCUT2D eigenvalue weighted by atomic mass is 32.2. The predicted octanol–water partition coefficient (Wildman–Crippen LogP) is 4.04. The first kappa shape index (κ1) is 19.5. The topological polar surface area (TPSA) is 85.1 Å². The number of aryl methyl sites for hydroxylation is 2. The summed E-state index contributed by atoms with van der Waals surface area (Å²) < 4.78 is 14.7. The van der Waals surface area contributed by atoms with Gasteiger partial charge < -0.3 is 5.32 Å². The summed E-state index contributed by atoms with van der Waals surface area (Å²) in [6.07, 6.45) is 0. The van der Waals surface area contributed by atoms with Crippen LogP contribution in [0.2, 0.25) is 0 Å². The number of carbonyl (C=O) groups excluding carboxylic acids is 1. The number of hydrogen-bond acceptors (Lipinski definition) is 7. The SMILES string of the molecule is Cc1nc2nc(SCC(=O)Nc3nc(-c4ccc(F)cc4)cs3)nn2c(C)c1C. The van der Waals surface area contributed by atoms with Crippen molar-refractivity contribution in [3.63, 3.8) is 0 Å². The van der Waals surface area contributed by atoms with Crippen LogP contribution in [0.15, 0.2) is 34.8 Å². The Morgan fingerprint density at radius 2 is 1.93 bits per heavy atom. The number of benzene rings is 1. The highest BCUT2D eigenvalue weighted by Crippen LogP contribution is 2.25. The van der Waals surface area contributed by atoms with E-state index in [1.54, 1.807) is 16.6 Å². The molecule has 0 aliphatic carbocycles. The number of thiazole rings is 1. The summed E-state index contributed by atoms with van der Waals surface area (Å²) in [5.74, 6) is 0.174. The maximum atomic E-state index is 13.0. The molecule has 0 spiro atoms. The van der Waals surface area contributed by atoms with Crippen molar-refractivity contribution in [2.75, 3.05) is 11.1 Å². The molecule has 3 aromatic heterocycles. The van der Waals surface area contributed by atoms with Crippen LogP contribution in [-0.2, 0) is 4.79 Å². The third-order valence-electron chi connectivity index (χ3n) is 4.46. The van der Waals surface area contributed by atoms with Gasteiger partial charge in [-0.25, -0.2) is 18.9 Å². The quantitative estimate of drug-likeness (QED) is 0.483. The molecule has 7 nitrogen and oxygen atoms in total. The molecule has 0 radical (unpaired) electrons. The molecule has 0 fully saturated rings. The van der Waals surface area contributed by atoms with Gasteiger partial charge in [0, 0.05) is 22.3 Å². The van der Waals surface area contributed by atoms with Gasteiger partial charge in [-0.15, -0.1) is 16.4 Å². The molecule has 4 rings (SSSR count).